The summed E-state index contributed by atoms with van der Waals surface area (Å²) >= 11 is 2.03. The van der Waals surface area contributed by atoms with E-state index in [0.717, 1.165) is 28.9 Å². The van der Waals surface area contributed by atoms with Gasteiger partial charge in [0.25, 0.3) is 0 Å². The normalized spacial score (nSPS) is 18.6. The Hall–Kier alpha value is -1.26. The number of aryl methyl sites for hydroxylation is 1. The van der Waals surface area contributed by atoms with E-state index in [1.165, 1.54) is 17.9 Å². The molecule has 1 aromatic carbocycles. The van der Waals surface area contributed by atoms with E-state index < -0.39 is 0 Å². The van der Waals surface area contributed by atoms with Gasteiger partial charge in [0, 0.05) is 29.4 Å². The molecule has 0 spiro atoms. The van der Waals surface area contributed by atoms with Gasteiger partial charge < -0.3 is 10.1 Å². The largest absolute Gasteiger partial charge is 0.490 e. The van der Waals surface area contributed by atoms with Crippen LogP contribution >= 0.6 is 11.8 Å². The molecule has 0 saturated carbocycles. The van der Waals surface area contributed by atoms with Gasteiger partial charge in [-0.05, 0) is 31.2 Å². The fraction of sp³-hybridized carbons (Fsp3) is 0.438. The molecule has 0 aliphatic carbocycles. The predicted octanol–water partition coefficient (Wildman–Crippen LogP) is 3.02. The van der Waals surface area contributed by atoms with E-state index in [1.807, 2.05) is 36.9 Å². The molecule has 0 radical (unpaired) electrons. The van der Waals surface area contributed by atoms with Crippen molar-refractivity contribution >= 4 is 22.7 Å². The van der Waals surface area contributed by atoms with Crippen molar-refractivity contribution in [2.45, 2.75) is 19.4 Å². The third-order valence-electron chi connectivity index (χ3n) is 3.54. The van der Waals surface area contributed by atoms with Crippen LogP contribution in [0.1, 0.15) is 12.1 Å². The van der Waals surface area contributed by atoms with Crippen molar-refractivity contribution < 1.29 is 4.74 Å². The van der Waals surface area contributed by atoms with Crippen LogP contribution in [0, 0.1) is 6.92 Å². The van der Waals surface area contributed by atoms with Crippen molar-refractivity contribution in [2.75, 3.05) is 24.7 Å². The number of nitrogens with one attached hydrogen (secondary N) is 1. The summed E-state index contributed by atoms with van der Waals surface area (Å²) in [4.78, 5) is 4.58. The van der Waals surface area contributed by atoms with Crippen LogP contribution in [0.3, 0.4) is 0 Å². The lowest BCUT2D eigenvalue weighted by Gasteiger charge is -2.13. The third-order valence-corrected chi connectivity index (χ3v) is 4.71. The average molecular weight is 288 g/mol. The third kappa shape index (κ3) is 3.25. The molecule has 106 valence electrons. The predicted molar refractivity (Wildman–Crippen MR) is 85.7 cm³/mol. The Kier molecular flexibility index (Phi) is 4.43. The van der Waals surface area contributed by atoms with E-state index in [0.29, 0.717) is 12.6 Å². The molecule has 0 bridgehead atoms. The second-order valence-corrected chi connectivity index (χ2v) is 6.29. The molecule has 0 amide bonds. The fourth-order valence-corrected chi connectivity index (χ4v) is 3.64. The van der Waals surface area contributed by atoms with Gasteiger partial charge in [0.1, 0.15) is 17.9 Å². The molecule has 3 rings (SSSR count). The van der Waals surface area contributed by atoms with Crippen LogP contribution in [0.15, 0.2) is 30.3 Å². The van der Waals surface area contributed by atoms with Gasteiger partial charge in [-0.2, -0.15) is 11.8 Å². The molecule has 2 aromatic rings. The van der Waals surface area contributed by atoms with Crippen molar-refractivity contribution in [1.82, 2.24) is 10.3 Å². The van der Waals surface area contributed by atoms with Crippen molar-refractivity contribution in [2.24, 2.45) is 0 Å². The maximum atomic E-state index is 5.90. The standard InChI is InChI=1S/C16H20N2OS/c1-12-5-6-13-3-2-4-15(16(13)18-12)19-9-8-17-14-7-10-20-11-14/h2-6,14,17H,7-11H2,1H3/t14-/m0/s1. The highest BCUT2D eigenvalue weighted by atomic mass is 32.2. The van der Waals surface area contributed by atoms with Crippen LogP contribution in [0.25, 0.3) is 10.9 Å². The molecule has 0 unspecified atom stereocenters. The lowest BCUT2D eigenvalue weighted by atomic mass is 10.2. The lowest BCUT2D eigenvalue weighted by molar-refractivity contribution is 0.310. The Balaban J connectivity index is 1.60. The SMILES string of the molecule is Cc1ccc2cccc(OCCN[C@H]3CCSC3)c2n1. The number of nitrogens with zero attached hydrogens (tertiary/aromatic N) is 1. The van der Waals surface area contributed by atoms with E-state index in [1.54, 1.807) is 0 Å². The topological polar surface area (TPSA) is 34.1 Å². The van der Waals surface area contributed by atoms with E-state index in [4.69, 9.17) is 4.74 Å². The number of hydrogen-bond acceptors (Lipinski definition) is 4. The first-order chi connectivity index (χ1) is 9.83. The van der Waals surface area contributed by atoms with Crippen LogP contribution in [0.5, 0.6) is 5.75 Å². The van der Waals surface area contributed by atoms with Crippen molar-refractivity contribution in [3.8, 4) is 5.75 Å². The minimum absolute atomic E-state index is 0.663. The number of benzene rings is 1. The van der Waals surface area contributed by atoms with Crippen LogP contribution in [-0.2, 0) is 0 Å². The number of ether oxygens (including phenoxy) is 1. The molecule has 2 heterocycles. The Bertz CT molecular complexity index is 582. The molecule has 1 saturated heterocycles. The first-order valence-corrected chi connectivity index (χ1v) is 8.29. The number of para-hydroxylation sites is 1. The van der Waals surface area contributed by atoms with Crippen LogP contribution in [0.4, 0.5) is 0 Å². The van der Waals surface area contributed by atoms with Gasteiger partial charge in [0.2, 0.25) is 0 Å². The summed E-state index contributed by atoms with van der Waals surface area (Å²) in [6.45, 7) is 3.60. The van der Waals surface area contributed by atoms with Crippen LogP contribution < -0.4 is 10.1 Å². The molecule has 1 aromatic heterocycles. The highest BCUT2D eigenvalue weighted by Crippen LogP contribution is 2.23. The minimum atomic E-state index is 0.663. The zero-order chi connectivity index (χ0) is 13.8. The van der Waals surface area contributed by atoms with Gasteiger partial charge in [-0.1, -0.05) is 18.2 Å². The molecule has 1 fully saturated rings. The zero-order valence-electron chi connectivity index (χ0n) is 11.8. The maximum Gasteiger partial charge on any atom is 0.145 e. The number of pyridine rings is 1. The number of aromatic nitrogens is 1. The summed E-state index contributed by atoms with van der Waals surface area (Å²) < 4.78 is 5.90. The van der Waals surface area contributed by atoms with Gasteiger partial charge in [-0.15, -0.1) is 0 Å². The Labute approximate surface area is 124 Å². The van der Waals surface area contributed by atoms with E-state index in [9.17, 15) is 0 Å². The van der Waals surface area contributed by atoms with Gasteiger partial charge in [0.15, 0.2) is 0 Å². The molecular weight excluding hydrogens is 268 g/mol. The van der Waals surface area contributed by atoms with Crippen molar-refractivity contribution in [1.29, 1.82) is 0 Å². The number of thioether (sulfide) groups is 1. The maximum absolute atomic E-state index is 5.90. The molecule has 1 aliphatic heterocycles. The Morgan fingerprint density at radius 3 is 3.15 bits per heavy atom. The average Bonchev–Trinajstić information content (AvgIpc) is 2.97. The van der Waals surface area contributed by atoms with Crippen molar-refractivity contribution in [3.63, 3.8) is 0 Å². The molecule has 1 aliphatic rings. The van der Waals surface area contributed by atoms with E-state index in [-0.39, 0.29) is 0 Å². The quantitative estimate of drug-likeness (QED) is 0.858. The fourth-order valence-electron chi connectivity index (χ4n) is 2.45. The van der Waals surface area contributed by atoms with Gasteiger partial charge in [-0.25, -0.2) is 4.98 Å². The van der Waals surface area contributed by atoms with Gasteiger partial charge >= 0.3 is 0 Å². The van der Waals surface area contributed by atoms with Gasteiger partial charge in [-0.3, -0.25) is 0 Å². The van der Waals surface area contributed by atoms with E-state index in [2.05, 4.69) is 22.4 Å². The van der Waals surface area contributed by atoms with Gasteiger partial charge in [0.05, 0.1) is 0 Å². The number of rotatable bonds is 5. The summed E-state index contributed by atoms with van der Waals surface area (Å²) in [5.41, 5.74) is 1.98. The molecule has 20 heavy (non-hydrogen) atoms. The lowest BCUT2D eigenvalue weighted by Crippen LogP contribution is -2.32. The van der Waals surface area contributed by atoms with Crippen molar-refractivity contribution in [3.05, 3.63) is 36.0 Å². The molecule has 1 atom stereocenters. The van der Waals surface area contributed by atoms with Crippen LogP contribution in [0.2, 0.25) is 0 Å². The Morgan fingerprint density at radius 2 is 2.30 bits per heavy atom. The highest BCUT2D eigenvalue weighted by molar-refractivity contribution is 7.99. The molecule has 1 N–H and O–H groups in total. The summed E-state index contributed by atoms with van der Waals surface area (Å²) in [5.74, 6) is 3.40. The Morgan fingerprint density at radius 1 is 1.35 bits per heavy atom. The number of fused-ring (bicyclic) bond motifs is 1. The first kappa shape index (κ1) is 13.7. The molecule has 3 nitrogen and oxygen atoms in total. The minimum Gasteiger partial charge on any atom is -0.490 e. The summed E-state index contributed by atoms with van der Waals surface area (Å²) in [6.07, 6.45) is 1.28. The summed E-state index contributed by atoms with van der Waals surface area (Å²) in [7, 11) is 0. The highest BCUT2D eigenvalue weighted by Gasteiger charge is 2.14. The molecule has 4 heteroatoms. The second-order valence-electron chi connectivity index (χ2n) is 5.14. The smallest absolute Gasteiger partial charge is 0.145 e. The second kappa shape index (κ2) is 6.46. The summed E-state index contributed by atoms with van der Waals surface area (Å²) in [6, 6.07) is 10.9. The summed E-state index contributed by atoms with van der Waals surface area (Å²) in [5, 5.41) is 4.68. The number of hydrogen-bond donors (Lipinski definition) is 1. The van der Waals surface area contributed by atoms with Crippen LogP contribution in [-0.4, -0.2) is 35.7 Å². The van der Waals surface area contributed by atoms with E-state index >= 15 is 0 Å². The zero-order valence-corrected chi connectivity index (χ0v) is 12.6. The molecular formula is C16H20N2OS. The monoisotopic (exact) mass is 288 g/mol. The first-order valence-electron chi connectivity index (χ1n) is 7.13.